The van der Waals surface area contributed by atoms with Gasteiger partial charge in [0.2, 0.25) is 0 Å². The van der Waals surface area contributed by atoms with E-state index in [1.54, 1.807) is 6.07 Å². The van der Waals surface area contributed by atoms with E-state index in [1.807, 2.05) is 12.1 Å². The number of hydrogen-bond donors (Lipinski definition) is 1. The SMILES string of the molecule is N#Cc1cc(CI)c(N)nc1C#N. The summed E-state index contributed by atoms with van der Waals surface area (Å²) in [6.07, 6.45) is 0. The quantitative estimate of drug-likeness (QED) is 0.622. The number of nitrogens with two attached hydrogens (primary N) is 1. The number of hydrogen-bond acceptors (Lipinski definition) is 4. The second kappa shape index (κ2) is 4.06. The van der Waals surface area contributed by atoms with Crippen LogP contribution < -0.4 is 5.73 Å². The van der Waals surface area contributed by atoms with E-state index in [2.05, 4.69) is 27.6 Å². The number of alkyl halides is 1. The summed E-state index contributed by atoms with van der Waals surface area (Å²) in [6, 6.07) is 5.33. The first kappa shape index (κ1) is 9.75. The molecule has 0 radical (unpaired) electrons. The van der Waals surface area contributed by atoms with Crippen LogP contribution in [-0.2, 0) is 4.43 Å². The lowest BCUT2D eigenvalue weighted by Crippen LogP contribution is -2.00. The number of pyridine rings is 1. The molecule has 0 atom stereocenters. The lowest BCUT2D eigenvalue weighted by Gasteiger charge is -2.01. The topological polar surface area (TPSA) is 86.5 Å². The lowest BCUT2D eigenvalue weighted by atomic mass is 10.1. The minimum atomic E-state index is 0.0913. The van der Waals surface area contributed by atoms with Crippen molar-refractivity contribution < 1.29 is 0 Å². The largest absolute Gasteiger partial charge is 0.383 e. The van der Waals surface area contributed by atoms with Crippen LogP contribution in [0.15, 0.2) is 6.07 Å². The van der Waals surface area contributed by atoms with Gasteiger partial charge in [-0.05, 0) is 6.07 Å². The van der Waals surface area contributed by atoms with Crippen molar-refractivity contribution in [3.05, 3.63) is 22.9 Å². The van der Waals surface area contributed by atoms with Crippen LogP contribution in [0.4, 0.5) is 5.82 Å². The van der Waals surface area contributed by atoms with Crippen molar-refractivity contribution in [1.82, 2.24) is 4.98 Å². The minimum Gasteiger partial charge on any atom is -0.383 e. The third kappa shape index (κ3) is 1.87. The zero-order valence-electron chi connectivity index (χ0n) is 6.58. The monoisotopic (exact) mass is 284 g/mol. The molecule has 0 aromatic carbocycles. The van der Waals surface area contributed by atoms with Crippen LogP contribution in [-0.4, -0.2) is 4.98 Å². The number of halogens is 1. The van der Waals surface area contributed by atoms with Gasteiger partial charge in [-0.2, -0.15) is 10.5 Å². The molecule has 5 heteroatoms. The van der Waals surface area contributed by atoms with Gasteiger partial charge in [0.25, 0.3) is 0 Å². The van der Waals surface area contributed by atoms with Gasteiger partial charge in [0.1, 0.15) is 18.0 Å². The molecule has 0 unspecified atom stereocenters. The summed E-state index contributed by atoms with van der Waals surface area (Å²) in [7, 11) is 0. The zero-order valence-corrected chi connectivity index (χ0v) is 8.74. The van der Waals surface area contributed by atoms with E-state index in [-0.39, 0.29) is 11.3 Å². The molecule has 0 amide bonds. The van der Waals surface area contributed by atoms with E-state index in [0.717, 1.165) is 5.56 Å². The number of nitrogens with zero attached hydrogens (tertiary/aromatic N) is 3. The molecule has 0 fully saturated rings. The third-order valence-corrected chi connectivity index (χ3v) is 2.33. The van der Waals surface area contributed by atoms with Crippen LogP contribution >= 0.6 is 22.6 Å². The predicted octanol–water partition coefficient (Wildman–Crippen LogP) is 1.34. The van der Waals surface area contributed by atoms with Crippen LogP contribution in [0, 0.1) is 22.7 Å². The second-order valence-corrected chi connectivity index (χ2v) is 3.05. The Morgan fingerprint density at radius 3 is 2.62 bits per heavy atom. The highest BCUT2D eigenvalue weighted by Crippen LogP contribution is 2.16. The molecule has 0 aliphatic rings. The van der Waals surface area contributed by atoms with Crippen molar-refractivity contribution in [2.75, 3.05) is 5.73 Å². The van der Waals surface area contributed by atoms with E-state index in [0.29, 0.717) is 10.2 Å². The molecule has 0 saturated carbocycles. The second-order valence-electron chi connectivity index (χ2n) is 2.29. The number of nitriles is 2. The highest BCUT2D eigenvalue weighted by atomic mass is 127. The molecule has 1 aromatic heterocycles. The van der Waals surface area contributed by atoms with E-state index >= 15 is 0 Å². The van der Waals surface area contributed by atoms with Crippen molar-refractivity contribution in [2.45, 2.75) is 4.43 Å². The molecule has 13 heavy (non-hydrogen) atoms. The van der Waals surface area contributed by atoms with Crippen LogP contribution in [0.1, 0.15) is 16.8 Å². The normalized spacial score (nSPS) is 8.85. The Balaban J connectivity index is 3.39. The molecular weight excluding hydrogens is 279 g/mol. The molecule has 4 nitrogen and oxygen atoms in total. The first-order chi connectivity index (χ1) is 6.22. The molecule has 64 valence electrons. The molecule has 0 aliphatic heterocycles. The summed E-state index contributed by atoms with van der Waals surface area (Å²) in [4.78, 5) is 3.82. The minimum absolute atomic E-state index is 0.0913. The Morgan fingerprint density at radius 1 is 1.46 bits per heavy atom. The Hall–Kier alpha value is -1.34. The number of anilines is 1. The number of aromatic nitrogens is 1. The molecule has 1 rings (SSSR count). The van der Waals surface area contributed by atoms with Crippen LogP contribution in [0.2, 0.25) is 0 Å². The summed E-state index contributed by atoms with van der Waals surface area (Å²) in [5, 5.41) is 17.3. The molecular formula is C8H5IN4. The molecule has 1 aromatic rings. The number of rotatable bonds is 1. The third-order valence-electron chi connectivity index (χ3n) is 1.51. The van der Waals surface area contributed by atoms with Crippen LogP contribution in [0.3, 0.4) is 0 Å². The molecule has 0 bridgehead atoms. The molecule has 0 spiro atoms. The smallest absolute Gasteiger partial charge is 0.160 e. The van der Waals surface area contributed by atoms with Gasteiger partial charge in [-0.25, -0.2) is 4.98 Å². The fourth-order valence-electron chi connectivity index (χ4n) is 0.846. The van der Waals surface area contributed by atoms with Crippen molar-refractivity contribution >= 4 is 28.4 Å². The van der Waals surface area contributed by atoms with Crippen LogP contribution in [0.5, 0.6) is 0 Å². The van der Waals surface area contributed by atoms with Gasteiger partial charge in [-0.1, -0.05) is 22.6 Å². The van der Waals surface area contributed by atoms with Gasteiger partial charge < -0.3 is 5.73 Å². The number of nitrogen functional groups attached to an aromatic ring is 1. The predicted molar refractivity (Wildman–Crippen MR) is 55.8 cm³/mol. The van der Waals surface area contributed by atoms with Gasteiger partial charge in [-0.15, -0.1) is 0 Å². The van der Waals surface area contributed by atoms with E-state index in [1.165, 1.54) is 0 Å². The van der Waals surface area contributed by atoms with E-state index in [9.17, 15) is 0 Å². The molecule has 1 heterocycles. The average Bonchev–Trinajstić information content (AvgIpc) is 2.17. The summed E-state index contributed by atoms with van der Waals surface area (Å²) >= 11 is 2.12. The Bertz CT molecular complexity index is 413. The average molecular weight is 284 g/mol. The molecule has 0 saturated heterocycles. The Labute approximate surface area is 89.1 Å². The Morgan fingerprint density at radius 2 is 2.15 bits per heavy atom. The Kier molecular flexibility index (Phi) is 3.04. The lowest BCUT2D eigenvalue weighted by molar-refractivity contribution is 1.21. The van der Waals surface area contributed by atoms with Gasteiger partial charge in [0.05, 0.1) is 5.56 Å². The maximum atomic E-state index is 8.68. The molecule has 2 N–H and O–H groups in total. The zero-order chi connectivity index (χ0) is 9.84. The maximum Gasteiger partial charge on any atom is 0.160 e. The fraction of sp³-hybridized carbons (Fsp3) is 0.125. The van der Waals surface area contributed by atoms with E-state index in [4.69, 9.17) is 16.3 Å². The van der Waals surface area contributed by atoms with E-state index < -0.39 is 0 Å². The summed E-state index contributed by atoms with van der Waals surface area (Å²) < 4.78 is 0.678. The van der Waals surface area contributed by atoms with Gasteiger partial charge >= 0.3 is 0 Å². The van der Waals surface area contributed by atoms with Crippen LogP contribution in [0.25, 0.3) is 0 Å². The van der Waals surface area contributed by atoms with Gasteiger partial charge in [0, 0.05) is 9.99 Å². The fourth-order valence-corrected chi connectivity index (χ4v) is 1.46. The van der Waals surface area contributed by atoms with Crippen molar-refractivity contribution in [3.8, 4) is 12.1 Å². The highest BCUT2D eigenvalue weighted by molar-refractivity contribution is 14.1. The first-order valence-electron chi connectivity index (χ1n) is 3.38. The summed E-state index contributed by atoms with van der Waals surface area (Å²) in [6.45, 7) is 0. The first-order valence-corrected chi connectivity index (χ1v) is 4.91. The standard InChI is InChI=1S/C8H5IN4/c9-2-5-1-6(3-10)7(4-11)13-8(5)12/h1H,2H2,(H2,12,13). The van der Waals surface area contributed by atoms with Crippen molar-refractivity contribution in [3.63, 3.8) is 0 Å². The highest BCUT2D eigenvalue weighted by Gasteiger charge is 2.07. The summed E-state index contributed by atoms with van der Waals surface area (Å²) in [5.74, 6) is 0.324. The van der Waals surface area contributed by atoms with Gasteiger partial charge in [0.15, 0.2) is 5.69 Å². The van der Waals surface area contributed by atoms with Crippen molar-refractivity contribution in [1.29, 1.82) is 10.5 Å². The van der Waals surface area contributed by atoms with Gasteiger partial charge in [-0.3, -0.25) is 0 Å². The maximum absolute atomic E-state index is 8.68. The van der Waals surface area contributed by atoms with Crippen molar-refractivity contribution in [2.24, 2.45) is 0 Å². The molecule has 0 aliphatic carbocycles. The summed E-state index contributed by atoms with van der Waals surface area (Å²) in [5.41, 5.74) is 6.71.